The average molecular weight is 271 g/mol. The zero-order valence-electron chi connectivity index (χ0n) is 12.1. The Bertz CT molecular complexity index is 595. The van der Waals surface area contributed by atoms with Gasteiger partial charge in [-0.05, 0) is 18.6 Å². The number of rotatable bonds is 5. The Morgan fingerprint density at radius 1 is 1.30 bits per heavy atom. The maximum Gasteiger partial charge on any atom is 0.136 e. The lowest BCUT2D eigenvalue weighted by molar-refractivity contribution is 0.411. The van der Waals surface area contributed by atoms with Crippen LogP contribution in [-0.4, -0.2) is 37.8 Å². The van der Waals surface area contributed by atoms with Crippen LogP contribution in [0.1, 0.15) is 13.3 Å². The Labute approximate surface area is 119 Å². The Morgan fingerprint density at radius 2 is 2.15 bits per heavy atom. The molecule has 1 aromatic heterocycles. The van der Waals surface area contributed by atoms with Gasteiger partial charge in [-0.1, -0.05) is 19.1 Å². The summed E-state index contributed by atoms with van der Waals surface area (Å²) in [5.41, 5.74) is 0. The van der Waals surface area contributed by atoms with E-state index in [2.05, 4.69) is 28.2 Å². The Balaban J connectivity index is 2.09. The smallest absolute Gasteiger partial charge is 0.136 e. The quantitative estimate of drug-likeness (QED) is 0.906. The third-order valence-electron chi connectivity index (χ3n) is 3.90. The number of ether oxygens (including phenoxy) is 1. The first-order valence-corrected chi connectivity index (χ1v) is 7.24. The van der Waals surface area contributed by atoms with Gasteiger partial charge >= 0.3 is 0 Å². The fourth-order valence-electron chi connectivity index (χ4n) is 2.77. The van der Waals surface area contributed by atoms with Crippen molar-refractivity contribution in [2.24, 2.45) is 0 Å². The van der Waals surface area contributed by atoms with Gasteiger partial charge in [0.05, 0.1) is 13.2 Å². The molecule has 4 heteroatoms. The van der Waals surface area contributed by atoms with E-state index in [9.17, 15) is 0 Å². The summed E-state index contributed by atoms with van der Waals surface area (Å²) >= 11 is 0. The van der Waals surface area contributed by atoms with Gasteiger partial charge in [0.1, 0.15) is 11.6 Å². The van der Waals surface area contributed by atoms with Gasteiger partial charge in [-0.15, -0.1) is 0 Å². The molecule has 1 fully saturated rings. The molecule has 1 aromatic carbocycles. The van der Waals surface area contributed by atoms with Gasteiger partial charge in [0.15, 0.2) is 0 Å². The fourth-order valence-corrected chi connectivity index (χ4v) is 2.77. The minimum atomic E-state index is 0.555. The van der Waals surface area contributed by atoms with E-state index in [4.69, 9.17) is 4.74 Å². The number of anilines is 1. The molecule has 0 saturated carbocycles. The first-order chi connectivity index (χ1) is 9.85. The lowest BCUT2D eigenvalue weighted by atomic mass is 10.1. The average Bonchev–Trinajstić information content (AvgIpc) is 2.43. The number of hydrogen-bond acceptors (Lipinski definition) is 4. The monoisotopic (exact) mass is 271 g/mol. The number of nitrogens with zero attached hydrogens (tertiary/aromatic N) is 2. The number of nitrogens with one attached hydrogen (secondary N) is 1. The van der Waals surface area contributed by atoms with Crippen molar-refractivity contribution >= 4 is 16.6 Å². The molecule has 2 aromatic rings. The predicted octanol–water partition coefficient (Wildman–Crippen LogP) is 2.43. The molecule has 0 bridgehead atoms. The van der Waals surface area contributed by atoms with E-state index >= 15 is 0 Å². The van der Waals surface area contributed by atoms with Gasteiger partial charge < -0.3 is 15.0 Å². The standard InChI is InChI=1S/C16H21N3O/c1-3-9-19(12-10-17-11-12)16-14-5-4-6-15(20-2)13(14)7-8-18-16/h4-8,12,17H,3,9-11H2,1-2H3. The van der Waals surface area contributed by atoms with Crippen LogP contribution < -0.4 is 15.0 Å². The SMILES string of the molecule is CCCN(c1nccc2c(OC)cccc12)C1CNC1. The van der Waals surface area contributed by atoms with Gasteiger partial charge in [0.2, 0.25) is 0 Å². The van der Waals surface area contributed by atoms with Gasteiger partial charge in [0, 0.05) is 36.6 Å². The Morgan fingerprint density at radius 3 is 2.80 bits per heavy atom. The highest BCUT2D eigenvalue weighted by Crippen LogP contribution is 2.32. The lowest BCUT2D eigenvalue weighted by Gasteiger charge is -2.39. The normalized spacial score (nSPS) is 15.1. The zero-order valence-corrected chi connectivity index (χ0v) is 12.1. The second-order valence-corrected chi connectivity index (χ2v) is 5.20. The van der Waals surface area contributed by atoms with Crippen LogP contribution in [0.5, 0.6) is 5.75 Å². The largest absolute Gasteiger partial charge is 0.496 e. The first-order valence-electron chi connectivity index (χ1n) is 7.24. The van der Waals surface area contributed by atoms with Crippen molar-refractivity contribution in [1.29, 1.82) is 0 Å². The van der Waals surface area contributed by atoms with E-state index in [-0.39, 0.29) is 0 Å². The van der Waals surface area contributed by atoms with Crippen LogP contribution >= 0.6 is 0 Å². The van der Waals surface area contributed by atoms with E-state index in [1.54, 1.807) is 7.11 Å². The van der Waals surface area contributed by atoms with Crippen molar-refractivity contribution in [3.63, 3.8) is 0 Å². The molecule has 0 radical (unpaired) electrons. The minimum Gasteiger partial charge on any atom is -0.496 e. The van der Waals surface area contributed by atoms with E-state index in [1.165, 1.54) is 5.39 Å². The maximum atomic E-state index is 5.46. The summed E-state index contributed by atoms with van der Waals surface area (Å²) in [7, 11) is 1.72. The molecule has 0 amide bonds. The number of aromatic nitrogens is 1. The van der Waals surface area contributed by atoms with Crippen molar-refractivity contribution in [2.75, 3.05) is 31.6 Å². The molecule has 3 rings (SSSR count). The third-order valence-corrected chi connectivity index (χ3v) is 3.90. The van der Waals surface area contributed by atoms with Crippen LogP contribution in [0, 0.1) is 0 Å². The zero-order chi connectivity index (χ0) is 13.9. The van der Waals surface area contributed by atoms with E-state index < -0.39 is 0 Å². The lowest BCUT2D eigenvalue weighted by Crippen LogP contribution is -2.57. The molecule has 4 nitrogen and oxygen atoms in total. The highest BCUT2D eigenvalue weighted by atomic mass is 16.5. The van der Waals surface area contributed by atoms with Gasteiger partial charge in [-0.25, -0.2) is 4.98 Å². The van der Waals surface area contributed by atoms with Crippen LogP contribution in [0.4, 0.5) is 5.82 Å². The number of methoxy groups -OCH3 is 1. The first kappa shape index (κ1) is 13.2. The molecule has 20 heavy (non-hydrogen) atoms. The predicted molar refractivity (Wildman–Crippen MR) is 82.6 cm³/mol. The van der Waals surface area contributed by atoms with Crippen LogP contribution in [0.3, 0.4) is 0 Å². The summed E-state index contributed by atoms with van der Waals surface area (Å²) in [5, 5.41) is 5.65. The Hall–Kier alpha value is -1.81. The molecule has 0 atom stereocenters. The molecule has 2 heterocycles. The van der Waals surface area contributed by atoms with Crippen molar-refractivity contribution in [3.05, 3.63) is 30.5 Å². The highest BCUT2D eigenvalue weighted by Gasteiger charge is 2.26. The van der Waals surface area contributed by atoms with Crippen LogP contribution in [0.25, 0.3) is 10.8 Å². The van der Waals surface area contributed by atoms with Crippen molar-refractivity contribution in [3.8, 4) is 5.75 Å². The third kappa shape index (κ3) is 2.20. The van der Waals surface area contributed by atoms with Crippen LogP contribution in [0.2, 0.25) is 0 Å². The van der Waals surface area contributed by atoms with Crippen LogP contribution in [0.15, 0.2) is 30.5 Å². The molecule has 0 spiro atoms. The second-order valence-electron chi connectivity index (χ2n) is 5.20. The van der Waals surface area contributed by atoms with Crippen molar-refractivity contribution in [2.45, 2.75) is 19.4 Å². The van der Waals surface area contributed by atoms with E-state index in [0.717, 1.165) is 43.0 Å². The van der Waals surface area contributed by atoms with Gasteiger partial charge in [-0.2, -0.15) is 0 Å². The molecule has 1 aliphatic heterocycles. The number of hydrogen-bond donors (Lipinski definition) is 1. The number of benzene rings is 1. The molecule has 0 aliphatic carbocycles. The molecule has 0 unspecified atom stereocenters. The fraction of sp³-hybridized carbons (Fsp3) is 0.438. The molecule has 1 saturated heterocycles. The summed E-state index contributed by atoms with van der Waals surface area (Å²) in [6, 6.07) is 8.76. The summed E-state index contributed by atoms with van der Waals surface area (Å²) in [4.78, 5) is 7.08. The Kier molecular flexibility index (Phi) is 3.74. The summed E-state index contributed by atoms with van der Waals surface area (Å²) in [5.74, 6) is 1.99. The number of fused-ring (bicyclic) bond motifs is 1. The van der Waals surface area contributed by atoms with E-state index in [0.29, 0.717) is 6.04 Å². The van der Waals surface area contributed by atoms with Gasteiger partial charge in [-0.3, -0.25) is 0 Å². The maximum absolute atomic E-state index is 5.46. The van der Waals surface area contributed by atoms with Crippen molar-refractivity contribution < 1.29 is 4.74 Å². The second kappa shape index (κ2) is 5.67. The molecule has 106 valence electrons. The molecular weight excluding hydrogens is 250 g/mol. The summed E-state index contributed by atoms with van der Waals surface area (Å²) in [6.45, 7) is 5.34. The van der Waals surface area contributed by atoms with E-state index in [1.807, 2.05) is 24.4 Å². The van der Waals surface area contributed by atoms with Gasteiger partial charge in [0.25, 0.3) is 0 Å². The summed E-state index contributed by atoms with van der Waals surface area (Å²) < 4.78 is 5.46. The summed E-state index contributed by atoms with van der Waals surface area (Å²) in [6.07, 6.45) is 3.01. The highest BCUT2D eigenvalue weighted by molar-refractivity contribution is 5.96. The topological polar surface area (TPSA) is 37.4 Å². The molecular formula is C16H21N3O. The molecule has 1 aliphatic rings. The minimum absolute atomic E-state index is 0.555. The molecule has 1 N–H and O–H groups in total. The van der Waals surface area contributed by atoms with Crippen LogP contribution in [-0.2, 0) is 0 Å². The number of pyridine rings is 1. The van der Waals surface area contributed by atoms with Crippen molar-refractivity contribution in [1.82, 2.24) is 10.3 Å².